The third kappa shape index (κ3) is 7.39. The summed E-state index contributed by atoms with van der Waals surface area (Å²) < 4.78 is 5.46. The van der Waals surface area contributed by atoms with Crippen molar-refractivity contribution in [3.8, 4) is 0 Å². The summed E-state index contributed by atoms with van der Waals surface area (Å²) in [7, 11) is 0. The van der Waals surface area contributed by atoms with Crippen molar-refractivity contribution in [3.63, 3.8) is 0 Å². The molecule has 6 unspecified atom stereocenters. The number of alkyl carbamates (subject to hydrolysis) is 1. The molecule has 3 N–H and O–H groups in total. The quantitative estimate of drug-likeness (QED) is 0.254. The third-order valence-corrected chi connectivity index (χ3v) is 8.21. The Labute approximate surface area is 233 Å². The predicted octanol–water partition coefficient (Wildman–Crippen LogP) is 2.81. The number of nitrogens with zero attached hydrogens (tertiary/aromatic N) is 1. The summed E-state index contributed by atoms with van der Waals surface area (Å²) in [5.41, 5.74) is -0.814. The van der Waals surface area contributed by atoms with Crippen molar-refractivity contribution in [1.82, 2.24) is 20.9 Å². The van der Waals surface area contributed by atoms with Gasteiger partial charge in [-0.05, 0) is 41.9 Å². The molecule has 10 heteroatoms. The van der Waals surface area contributed by atoms with Crippen LogP contribution in [0.4, 0.5) is 4.79 Å². The van der Waals surface area contributed by atoms with Crippen LogP contribution in [0, 0.1) is 28.6 Å². The zero-order valence-corrected chi connectivity index (χ0v) is 25.1. The molecule has 6 atom stereocenters. The summed E-state index contributed by atoms with van der Waals surface area (Å²) in [5, 5.41) is 7.98. The first kappa shape index (κ1) is 32.3. The lowest BCUT2D eigenvalue weighted by Crippen LogP contribution is -2.60. The van der Waals surface area contributed by atoms with Gasteiger partial charge in [0.25, 0.3) is 5.91 Å². The number of amides is 4. The number of hydrogen-bond donors (Lipinski definition) is 3. The second kappa shape index (κ2) is 12.5. The number of fused-ring (bicyclic) bond motifs is 1. The van der Waals surface area contributed by atoms with Gasteiger partial charge in [-0.15, -0.1) is 6.58 Å². The number of ketones is 1. The van der Waals surface area contributed by atoms with E-state index in [1.54, 1.807) is 6.92 Å². The van der Waals surface area contributed by atoms with Crippen molar-refractivity contribution < 1.29 is 28.7 Å². The fourth-order valence-corrected chi connectivity index (χ4v) is 5.31. The van der Waals surface area contributed by atoms with E-state index in [9.17, 15) is 24.0 Å². The first-order valence-electron chi connectivity index (χ1n) is 14.0. The first-order valence-corrected chi connectivity index (χ1v) is 14.0. The van der Waals surface area contributed by atoms with Crippen LogP contribution in [0.15, 0.2) is 12.7 Å². The van der Waals surface area contributed by atoms with Crippen molar-refractivity contribution in [2.45, 2.75) is 99.4 Å². The van der Waals surface area contributed by atoms with Gasteiger partial charge in [0.1, 0.15) is 18.2 Å². The van der Waals surface area contributed by atoms with Gasteiger partial charge >= 0.3 is 6.09 Å². The van der Waals surface area contributed by atoms with Crippen molar-refractivity contribution in [1.29, 1.82) is 0 Å². The van der Waals surface area contributed by atoms with Crippen LogP contribution in [-0.2, 0) is 23.9 Å². The zero-order valence-electron chi connectivity index (χ0n) is 25.1. The van der Waals surface area contributed by atoms with Crippen LogP contribution in [0.1, 0.15) is 75.2 Å². The topological polar surface area (TPSA) is 134 Å². The van der Waals surface area contributed by atoms with Gasteiger partial charge in [0.15, 0.2) is 0 Å². The third-order valence-electron chi connectivity index (χ3n) is 8.21. The predicted molar refractivity (Wildman–Crippen MR) is 148 cm³/mol. The van der Waals surface area contributed by atoms with Gasteiger partial charge in [-0.2, -0.15) is 0 Å². The monoisotopic (exact) mass is 548 g/mol. The molecule has 1 aliphatic carbocycles. The summed E-state index contributed by atoms with van der Waals surface area (Å²) in [6.07, 6.45) is 1.31. The first-order chi connectivity index (χ1) is 18.0. The molecular formula is C29H48N4O6. The van der Waals surface area contributed by atoms with E-state index >= 15 is 0 Å². The molecule has 1 heterocycles. The Balaban J connectivity index is 2.29. The van der Waals surface area contributed by atoms with Crippen LogP contribution in [0.2, 0.25) is 0 Å². The van der Waals surface area contributed by atoms with E-state index in [1.807, 2.05) is 41.5 Å². The number of nitrogens with one attached hydrogen (secondary N) is 3. The molecule has 0 aromatic heterocycles. The summed E-state index contributed by atoms with van der Waals surface area (Å²) in [6.45, 7) is 21.2. The number of hydrogen-bond acceptors (Lipinski definition) is 6. The molecule has 1 saturated heterocycles. The summed E-state index contributed by atoms with van der Waals surface area (Å²) in [6, 6.07) is -2.76. The fourth-order valence-electron chi connectivity index (χ4n) is 5.31. The smallest absolute Gasteiger partial charge is 0.408 e. The lowest BCUT2D eigenvalue weighted by Gasteiger charge is -2.38. The van der Waals surface area contributed by atoms with Crippen LogP contribution >= 0.6 is 0 Å². The number of likely N-dealkylation sites (tertiary alicyclic amines) is 1. The average molecular weight is 549 g/mol. The molecule has 0 spiro atoms. The van der Waals surface area contributed by atoms with Crippen LogP contribution in [0.5, 0.6) is 0 Å². The molecule has 0 bridgehead atoms. The maximum atomic E-state index is 13.9. The van der Waals surface area contributed by atoms with Gasteiger partial charge in [-0.3, -0.25) is 19.2 Å². The van der Waals surface area contributed by atoms with Crippen molar-refractivity contribution in [2.24, 2.45) is 28.6 Å². The Bertz CT molecular complexity index is 969. The Hall–Kier alpha value is -2.91. The minimum Gasteiger partial charge on any atom is -0.446 e. The molecule has 2 aliphatic rings. The number of ether oxygens (including phenoxy) is 1. The zero-order chi connectivity index (χ0) is 29.9. The molecule has 0 aromatic rings. The minimum atomic E-state index is -1.01. The van der Waals surface area contributed by atoms with E-state index in [4.69, 9.17) is 4.74 Å². The number of Topliss-reactive ketones (excluding diaryl/α,β-unsaturated/α-hetero) is 1. The van der Waals surface area contributed by atoms with Gasteiger partial charge in [-0.25, -0.2) is 4.79 Å². The highest BCUT2D eigenvalue weighted by molar-refractivity contribution is 6.38. The SMILES string of the molecule is C=CCNC(=O)C(=O)C(CCC)NC(=O)C1C2C(CN1C(=O)C(NC(=O)OC(C)C(C)C)C(C)(C)C)C2(C)C. The lowest BCUT2D eigenvalue weighted by molar-refractivity contribution is -0.145. The second-order valence-electron chi connectivity index (χ2n) is 12.9. The van der Waals surface area contributed by atoms with Crippen LogP contribution in [0.3, 0.4) is 0 Å². The van der Waals surface area contributed by atoms with E-state index < -0.39 is 47.2 Å². The van der Waals surface area contributed by atoms with Gasteiger partial charge in [0.05, 0.1) is 6.04 Å². The Morgan fingerprint density at radius 2 is 1.72 bits per heavy atom. The standard InChI is InChI=1S/C29H48N4O6/c1-11-13-19(22(34)25(36)30-14-12-2)31-24(35)21-20-18(29(20,9)10)15-33(21)26(37)23(28(6,7)8)32-27(38)39-17(5)16(3)4/h12,16-21,23H,2,11,13-15H2,1,3-10H3,(H,30,36)(H,31,35)(H,32,38). The molecule has 0 aromatic carbocycles. The van der Waals surface area contributed by atoms with Gasteiger partial charge in [0.2, 0.25) is 17.6 Å². The molecule has 10 nitrogen and oxygen atoms in total. The van der Waals surface area contributed by atoms with Gasteiger partial charge in [-0.1, -0.05) is 67.9 Å². The van der Waals surface area contributed by atoms with Crippen molar-refractivity contribution in [3.05, 3.63) is 12.7 Å². The number of piperidine rings is 1. The normalized spacial score (nSPS) is 23.6. The Morgan fingerprint density at radius 1 is 1.10 bits per heavy atom. The minimum absolute atomic E-state index is 0.0954. The highest BCUT2D eigenvalue weighted by Gasteiger charge is 2.69. The molecule has 220 valence electrons. The molecular weight excluding hydrogens is 500 g/mol. The maximum absolute atomic E-state index is 13.9. The summed E-state index contributed by atoms with van der Waals surface area (Å²) in [4.78, 5) is 67.0. The lowest BCUT2D eigenvalue weighted by atomic mass is 9.85. The highest BCUT2D eigenvalue weighted by Crippen LogP contribution is 2.65. The number of carbonyl (C=O) groups excluding carboxylic acids is 5. The van der Waals surface area contributed by atoms with Gasteiger partial charge < -0.3 is 25.6 Å². The fraction of sp³-hybridized carbons (Fsp3) is 0.759. The Kier molecular flexibility index (Phi) is 10.4. The van der Waals surface area contributed by atoms with Crippen LogP contribution in [0.25, 0.3) is 0 Å². The average Bonchev–Trinajstić information content (AvgIpc) is 3.17. The number of carbonyl (C=O) groups is 5. The van der Waals surface area contributed by atoms with E-state index in [2.05, 4.69) is 36.4 Å². The molecule has 2 fully saturated rings. The maximum Gasteiger partial charge on any atom is 0.408 e. The Morgan fingerprint density at radius 3 is 2.23 bits per heavy atom. The molecule has 1 aliphatic heterocycles. The summed E-state index contributed by atoms with van der Waals surface area (Å²) >= 11 is 0. The van der Waals surface area contributed by atoms with E-state index in [-0.39, 0.29) is 48.1 Å². The number of rotatable bonds is 12. The molecule has 0 radical (unpaired) electrons. The highest BCUT2D eigenvalue weighted by atomic mass is 16.6. The molecule has 1 saturated carbocycles. The van der Waals surface area contributed by atoms with Crippen LogP contribution < -0.4 is 16.0 Å². The van der Waals surface area contributed by atoms with Gasteiger partial charge in [0, 0.05) is 13.1 Å². The summed E-state index contributed by atoms with van der Waals surface area (Å²) in [5.74, 6) is -2.23. The van der Waals surface area contributed by atoms with Crippen LogP contribution in [-0.4, -0.2) is 71.8 Å². The molecule has 2 rings (SSSR count). The molecule has 39 heavy (non-hydrogen) atoms. The largest absolute Gasteiger partial charge is 0.446 e. The van der Waals surface area contributed by atoms with Crippen molar-refractivity contribution >= 4 is 29.6 Å². The van der Waals surface area contributed by atoms with Crippen molar-refractivity contribution in [2.75, 3.05) is 13.1 Å². The van der Waals surface area contributed by atoms with E-state index in [1.165, 1.54) is 11.0 Å². The van der Waals surface area contributed by atoms with E-state index in [0.717, 1.165) is 0 Å². The second-order valence-corrected chi connectivity index (χ2v) is 12.9. The van der Waals surface area contributed by atoms with E-state index in [0.29, 0.717) is 13.0 Å². The molecule has 4 amide bonds.